The van der Waals surface area contributed by atoms with Crippen LogP contribution in [0.3, 0.4) is 0 Å². The van der Waals surface area contributed by atoms with E-state index in [-0.39, 0.29) is 11.1 Å². The Balaban J connectivity index is 2.21. The minimum Gasteiger partial charge on any atom is -0.478 e. The lowest BCUT2D eigenvalue weighted by Gasteiger charge is -2.21. The van der Waals surface area contributed by atoms with E-state index >= 15 is 0 Å². The summed E-state index contributed by atoms with van der Waals surface area (Å²) in [6.07, 6.45) is -4.44. The van der Waals surface area contributed by atoms with Crippen molar-refractivity contribution >= 4 is 23.9 Å². The molecule has 2 rings (SSSR count). The molecular formula is C19H16O8. The molecule has 0 unspecified atom stereocenters. The number of aryl methyl sites for hydroxylation is 1. The van der Waals surface area contributed by atoms with Crippen molar-refractivity contribution in [2.75, 3.05) is 0 Å². The zero-order chi connectivity index (χ0) is 20.0. The summed E-state index contributed by atoms with van der Waals surface area (Å²) in [6, 6.07) is 13.5. The molecule has 2 N–H and O–H groups in total. The first-order valence-corrected chi connectivity index (χ1v) is 7.79. The minimum absolute atomic E-state index is 0.0257. The minimum atomic E-state index is -2.22. The van der Waals surface area contributed by atoms with Crippen LogP contribution in [0.1, 0.15) is 26.3 Å². The Kier molecular flexibility index (Phi) is 6.27. The summed E-state index contributed by atoms with van der Waals surface area (Å²) in [5, 5.41) is 18.6. The number of hydrogen-bond donors (Lipinski definition) is 2. The second-order valence-corrected chi connectivity index (χ2v) is 5.56. The van der Waals surface area contributed by atoms with Gasteiger partial charge in [-0.25, -0.2) is 19.2 Å². The number of hydrogen-bond acceptors (Lipinski definition) is 6. The Bertz CT molecular complexity index is 842. The normalized spacial score (nSPS) is 12.5. The molecule has 0 saturated carbocycles. The smallest absolute Gasteiger partial charge is 0.349 e. The maximum absolute atomic E-state index is 12.1. The predicted octanol–water partition coefficient (Wildman–Crippen LogP) is 1.92. The summed E-state index contributed by atoms with van der Waals surface area (Å²) in [5.41, 5.74) is 0.921. The van der Waals surface area contributed by atoms with E-state index in [2.05, 4.69) is 0 Å². The lowest BCUT2D eigenvalue weighted by atomic mass is 10.1. The van der Waals surface area contributed by atoms with Gasteiger partial charge in [0, 0.05) is 0 Å². The summed E-state index contributed by atoms with van der Waals surface area (Å²) < 4.78 is 9.58. The van der Waals surface area contributed by atoms with Crippen LogP contribution in [0, 0.1) is 6.92 Å². The van der Waals surface area contributed by atoms with Gasteiger partial charge in [0.1, 0.15) is 0 Å². The maximum atomic E-state index is 12.1. The lowest BCUT2D eigenvalue weighted by Crippen LogP contribution is -2.45. The zero-order valence-electron chi connectivity index (χ0n) is 14.2. The van der Waals surface area contributed by atoms with E-state index in [9.17, 15) is 29.4 Å². The van der Waals surface area contributed by atoms with Crippen LogP contribution in [0.25, 0.3) is 0 Å². The third kappa shape index (κ3) is 5.15. The number of carboxylic acids is 2. The highest BCUT2D eigenvalue weighted by molar-refractivity contribution is 5.95. The molecule has 2 aromatic carbocycles. The van der Waals surface area contributed by atoms with Crippen LogP contribution < -0.4 is 0 Å². The van der Waals surface area contributed by atoms with E-state index in [4.69, 9.17) is 9.47 Å². The van der Waals surface area contributed by atoms with Gasteiger partial charge in [-0.05, 0) is 31.2 Å². The molecule has 2 atom stereocenters. The number of carbonyl (C=O) groups excluding carboxylic acids is 2. The average Bonchev–Trinajstić information content (AvgIpc) is 2.65. The number of esters is 2. The number of carboxylic acid groups (broad SMARTS) is 2. The van der Waals surface area contributed by atoms with E-state index in [0.717, 1.165) is 5.56 Å². The monoisotopic (exact) mass is 372 g/mol. The van der Waals surface area contributed by atoms with Gasteiger partial charge < -0.3 is 19.7 Å². The van der Waals surface area contributed by atoms with Crippen molar-refractivity contribution in [1.29, 1.82) is 0 Å². The number of carbonyl (C=O) groups is 4. The maximum Gasteiger partial charge on any atom is 0.349 e. The molecule has 140 valence electrons. The van der Waals surface area contributed by atoms with Crippen LogP contribution in [0.5, 0.6) is 0 Å². The van der Waals surface area contributed by atoms with Gasteiger partial charge in [0.25, 0.3) is 0 Å². The van der Waals surface area contributed by atoms with Crippen molar-refractivity contribution in [2.45, 2.75) is 19.1 Å². The van der Waals surface area contributed by atoms with E-state index in [1.807, 2.05) is 0 Å². The largest absolute Gasteiger partial charge is 0.478 e. The molecular weight excluding hydrogens is 356 g/mol. The Morgan fingerprint density at radius 1 is 0.704 bits per heavy atom. The molecule has 0 aromatic heterocycles. The number of ether oxygens (including phenoxy) is 2. The Labute approximate surface area is 154 Å². The van der Waals surface area contributed by atoms with Crippen LogP contribution in [-0.2, 0) is 19.1 Å². The van der Waals surface area contributed by atoms with Gasteiger partial charge in [-0.1, -0.05) is 35.9 Å². The second kappa shape index (κ2) is 8.61. The van der Waals surface area contributed by atoms with E-state index in [1.54, 1.807) is 25.1 Å². The Morgan fingerprint density at radius 3 is 1.52 bits per heavy atom. The van der Waals surface area contributed by atoms with Gasteiger partial charge in [-0.2, -0.15) is 0 Å². The highest BCUT2D eigenvalue weighted by Crippen LogP contribution is 2.14. The summed E-state index contributed by atoms with van der Waals surface area (Å²) in [7, 11) is 0. The SMILES string of the molecule is Cc1ccc(C(=O)O[C@@H](C(=O)O)[C@@H](OC(=O)c2ccccc2)C(=O)O)cc1. The first kappa shape index (κ1) is 19.6. The fourth-order valence-corrected chi connectivity index (χ4v) is 2.11. The first-order valence-electron chi connectivity index (χ1n) is 7.79. The van der Waals surface area contributed by atoms with Gasteiger partial charge in [-0.3, -0.25) is 0 Å². The molecule has 0 fully saturated rings. The molecule has 0 aliphatic rings. The topological polar surface area (TPSA) is 127 Å². The lowest BCUT2D eigenvalue weighted by molar-refractivity contribution is -0.166. The number of benzene rings is 2. The molecule has 0 radical (unpaired) electrons. The highest BCUT2D eigenvalue weighted by atomic mass is 16.6. The van der Waals surface area contributed by atoms with Crippen molar-refractivity contribution in [3.63, 3.8) is 0 Å². The molecule has 0 bridgehead atoms. The number of rotatable bonds is 7. The van der Waals surface area contributed by atoms with Crippen molar-refractivity contribution < 1.29 is 38.9 Å². The van der Waals surface area contributed by atoms with Crippen LogP contribution in [-0.4, -0.2) is 46.3 Å². The fourth-order valence-electron chi connectivity index (χ4n) is 2.11. The molecule has 8 nitrogen and oxygen atoms in total. The van der Waals surface area contributed by atoms with Crippen molar-refractivity contribution in [1.82, 2.24) is 0 Å². The second-order valence-electron chi connectivity index (χ2n) is 5.56. The van der Waals surface area contributed by atoms with Crippen LogP contribution in [0.2, 0.25) is 0 Å². The molecule has 27 heavy (non-hydrogen) atoms. The summed E-state index contributed by atoms with van der Waals surface area (Å²) in [6.45, 7) is 1.79. The summed E-state index contributed by atoms with van der Waals surface area (Å²) >= 11 is 0. The molecule has 0 saturated heterocycles. The van der Waals surface area contributed by atoms with Crippen LogP contribution in [0.15, 0.2) is 54.6 Å². The molecule has 0 aliphatic carbocycles. The van der Waals surface area contributed by atoms with Crippen molar-refractivity contribution in [3.05, 3.63) is 71.3 Å². The zero-order valence-corrected chi connectivity index (χ0v) is 14.2. The van der Waals surface area contributed by atoms with E-state index < -0.39 is 36.1 Å². The molecule has 0 heterocycles. The Hall–Kier alpha value is -3.68. The average molecular weight is 372 g/mol. The Morgan fingerprint density at radius 2 is 1.11 bits per heavy atom. The van der Waals surface area contributed by atoms with E-state index in [1.165, 1.54) is 36.4 Å². The molecule has 0 spiro atoms. The van der Waals surface area contributed by atoms with Crippen LogP contribution >= 0.6 is 0 Å². The fraction of sp³-hybridized carbons (Fsp3) is 0.158. The molecule has 0 aliphatic heterocycles. The molecule has 0 amide bonds. The quantitative estimate of drug-likeness (QED) is 0.706. The van der Waals surface area contributed by atoms with Crippen LogP contribution in [0.4, 0.5) is 0 Å². The van der Waals surface area contributed by atoms with Gasteiger partial charge in [0.2, 0.25) is 12.2 Å². The summed E-state index contributed by atoms with van der Waals surface area (Å²) in [5.74, 6) is -5.63. The van der Waals surface area contributed by atoms with Gasteiger partial charge in [0.15, 0.2) is 0 Å². The number of aliphatic carboxylic acids is 2. The van der Waals surface area contributed by atoms with E-state index in [0.29, 0.717) is 0 Å². The predicted molar refractivity (Wildman–Crippen MR) is 91.3 cm³/mol. The van der Waals surface area contributed by atoms with Gasteiger partial charge in [0.05, 0.1) is 11.1 Å². The van der Waals surface area contributed by atoms with Crippen molar-refractivity contribution in [2.24, 2.45) is 0 Å². The first-order chi connectivity index (χ1) is 12.8. The highest BCUT2D eigenvalue weighted by Gasteiger charge is 2.40. The molecule has 2 aromatic rings. The summed E-state index contributed by atoms with van der Waals surface area (Å²) in [4.78, 5) is 47.1. The van der Waals surface area contributed by atoms with Gasteiger partial charge in [-0.15, -0.1) is 0 Å². The third-order valence-corrected chi connectivity index (χ3v) is 3.53. The molecule has 8 heteroatoms. The van der Waals surface area contributed by atoms with Crippen molar-refractivity contribution in [3.8, 4) is 0 Å². The van der Waals surface area contributed by atoms with Gasteiger partial charge >= 0.3 is 23.9 Å². The standard InChI is InChI=1S/C19H16O8/c1-11-7-9-13(10-8-11)19(25)27-15(17(22)23)14(16(20)21)26-18(24)12-5-3-2-4-6-12/h2-10,14-15H,1H3,(H,20,21)(H,22,23)/t14-,15-/m1/s1. The third-order valence-electron chi connectivity index (χ3n) is 3.53.